The van der Waals surface area contributed by atoms with Crippen molar-refractivity contribution in [2.45, 2.75) is 84.4 Å². The number of ether oxygens (including phenoxy) is 2. The average molecular weight is 441 g/mol. The number of carbonyl (C=O) groups excluding carboxylic acids is 1. The summed E-state index contributed by atoms with van der Waals surface area (Å²) in [6.45, 7) is 22.4. The fraction of sp³-hybridized carbons (Fsp3) is 0.682. The van der Waals surface area contributed by atoms with Crippen molar-refractivity contribution < 1.29 is 23.1 Å². The van der Waals surface area contributed by atoms with E-state index in [-0.39, 0.29) is 10.1 Å². The van der Waals surface area contributed by atoms with Crippen LogP contribution < -0.4 is 9.16 Å². The van der Waals surface area contributed by atoms with Gasteiger partial charge < -0.3 is 18.3 Å². The standard InChI is InChI=1S/C22H40O5Si2/c1-21(2,3)28(9,10)26-15-17-18(24-7)13-16(20(23)25-8)14-19(17)27-29(11,12)22(4,5)6/h13-14H,15H2,1-12H3. The maximum atomic E-state index is 12.2. The highest BCUT2D eigenvalue weighted by atomic mass is 28.4. The van der Waals surface area contributed by atoms with E-state index in [4.69, 9.17) is 18.3 Å². The molecule has 0 spiro atoms. The fourth-order valence-corrected chi connectivity index (χ4v) is 4.14. The molecule has 0 aliphatic carbocycles. The van der Waals surface area contributed by atoms with Gasteiger partial charge in [0.05, 0.1) is 32.0 Å². The fourth-order valence-electron chi connectivity index (χ4n) is 2.17. The number of benzene rings is 1. The van der Waals surface area contributed by atoms with E-state index in [1.165, 1.54) is 7.11 Å². The molecule has 7 heteroatoms. The van der Waals surface area contributed by atoms with Crippen LogP contribution in [0.15, 0.2) is 12.1 Å². The Hall–Kier alpha value is -1.32. The van der Waals surface area contributed by atoms with Crippen molar-refractivity contribution in [1.82, 2.24) is 0 Å². The lowest BCUT2D eigenvalue weighted by molar-refractivity contribution is 0.0600. The van der Waals surface area contributed by atoms with E-state index in [1.54, 1.807) is 19.2 Å². The van der Waals surface area contributed by atoms with Gasteiger partial charge in [-0.1, -0.05) is 41.5 Å². The Morgan fingerprint density at radius 3 is 1.76 bits per heavy atom. The van der Waals surface area contributed by atoms with E-state index in [9.17, 15) is 4.79 Å². The van der Waals surface area contributed by atoms with E-state index >= 15 is 0 Å². The lowest BCUT2D eigenvalue weighted by Gasteiger charge is -2.38. The minimum absolute atomic E-state index is 0.0130. The molecule has 166 valence electrons. The molecule has 0 atom stereocenters. The largest absolute Gasteiger partial charge is 0.543 e. The predicted molar refractivity (Wildman–Crippen MR) is 124 cm³/mol. The summed E-state index contributed by atoms with van der Waals surface area (Å²) >= 11 is 0. The third kappa shape index (κ3) is 6.09. The summed E-state index contributed by atoms with van der Waals surface area (Å²) in [5.41, 5.74) is 1.25. The van der Waals surface area contributed by atoms with Crippen LogP contribution in [0.25, 0.3) is 0 Å². The monoisotopic (exact) mass is 440 g/mol. The first-order valence-corrected chi connectivity index (χ1v) is 15.9. The number of methoxy groups -OCH3 is 2. The number of hydrogen-bond acceptors (Lipinski definition) is 5. The number of carbonyl (C=O) groups is 1. The number of hydrogen-bond donors (Lipinski definition) is 0. The highest BCUT2D eigenvalue weighted by Crippen LogP contribution is 2.42. The van der Waals surface area contributed by atoms with E-state index < -0.39 is 22.6 Å². The first-order chi connectivity index (χ1) is 13.0. The summed E-state index contributed by atoms with van der Waals surface area (Å²) in [7, 11) is -1.15. The summed E-state index contributed by atoms with van der Waals surface area (Å²) < 4.78 is 23.6. The first kappa shape index (κ1) is 25.7. The summed E-state index contributed by atoms with van der Waals surface area (Å²) in [5, 5.41) is 0.103. The molecule has 0 aliphatic heterocycles. The van der Waals surface area contributed by atoms with Crippen LogP contribution in [0.1, 0.15) is 57.5 Å². The lowest BCUT2D eigenvalue weighted by Crippen LogP contribution is -2.44. The molecule has 0 bridgehead atoms. The minimum Gasteiger partial charge on any atom is -0.543 e. The van der Waals surface area contributed by atoms with Crippen LogP contribution in [0.4, 0.5) is 0 Å². The molecule has 0 N–H and O–H groups in total. The Kier molecular flexibility index (Phi) is 7.82. The lowest BCUT2D eigenvalue weighted by atomic mass is 10.1. The van der Waals surface area contributed by atoms with Gasteiger partial charge in [0.1, 0.15) is 11.5 Å². The molecule has 0 radical (unpaired) electrons. The van der Waals surface area contributed by atoms with Crippen LogP contribution in [0.2, 0.25) is 36.3 Å². The highest BCUT2D eigenvalue weighted by molar-refractivity contribution is 6.75. The van der Waals surface area contributed by atoms with Crippen molar-refractivity contribution in [2.24, 2.45) is 0 Å². The molecule has 0 fully saturated rings. The van der Waals surface area contributed by atoms with Crippen LogP contribution in [0.3, 0.4) is 0 Å². The SMILES string of the molecule is COC(=O)c1cc(OC)c(CO[Si](C)(C)C(C)(C)C)c(O[Si](C)(C)C(C)(C)C)c1. The summed E-state index contributed by atoms with van der Waals surface area (Å²) in [4.78, 5) is 12.2. The minimum atomic E-state index is -2.14. The van der Waals surface area contributed by atoms with Gasteiger partial charge in [-0.3, -0.25) is 0 Å². The van der Waals surface area contributed by atoms with E-state index in [2.05, 4.69) is 67.7 Å². The zero-order valence-electron chi connectivity index (χ0n) is 20.4. The van der Waals surface area contributed by atoms with E-state index in [0.29, 0.717) is 23.7 Å². The molecule has 0 amide bonds. The smallest absolute Gasteiger partial charge is 0.338 e. The molecule has 0 heterocycles. The summed E-state index contributed by atoms with van der Waals surface area (Å²) in [6.07, 6.45) is 0. The molecule has 0 unspecified atom stereocenters. The first-order valence-electron chi connectivity index (χ1n) is 10.1. The maximum Gasteiger partial charge on any atom is 0.338 e. The Balaban J connectivity index is 3.50. The molecule has 1 aromatic rings. The molecular formula is C22H40O5Si2. The van der Waals surface area contributed by atoms with Crippen molar-refractivity contribution in [1.29, 1.82) is 0 Å². The van der Waals surface area contributed by atoms with E-state index in [1.807, 2.05) is 0 Å². The quantitative estimate of drug-likeness (QED) is 0.363. The van der Waals surface area contributed by atoms with Gasteiger partial charge >= 0.3 is 5.97 Å². The van der Waals surface area contributed by atoms with Crippen molar-refractivity contribution in [3.8, 4) is 11.5 Å². The van der Waals surface area contributed by atoms with Crippen LogP contribution in [-0.4, -0.2) is 36.8 Å². The second-order valence-electron chi connectivity index (χ2n) is 10.6. The third-order valence-electron chi connectivity index (χ3n) is 6.36. The molecule has 5 nitrogen and oxygen atoms in total. The molecule has 0 saturated heterocycles. The summed E-state index contributed by atoms with van der Waals surface area (Å²) in [6, 6.07) is 3.47. The van der Waals surface area contributed by atoms with Crippen molar-refractivity contribution in [3.63, 3.8) is 0 Å². The average Bonchev–Trinajstić information content (AvgIpc) is 2.56. The number of rotatable bonds is 7. The third-order valence-corrected chi connectivity index (χ3v) is 15.2. The van der Waals surface area contributed by atoms with Gasteiger partial charge in [-0.2, -0.15) is 0 Å². The van der Waals surface area contributed by atoms with Crippen molar-refractivity contribution >= 4 is 22.6 Å². The number of esters is 1. The topological polar surface area (TPSA) is 54.0 Å². The molecule has 0 aliphatic rings. The van der Waals surface area contributed by atoms with Crippen LogP contribution in [0, 0.1) is 0 Å². The zero-order chi connectivity index (χ0) is 22.8. The van der Waals surface area contributed by atoms with Crippen molar-refractivity contribution in [3.05, 3.63) is 23.3 Å². The molecule has 1 rings (SSSR count). The van der Waals surface area contributed by atoms with E-state index in [0.717, 1.165) is 5.56 Å². The van der Waals surface area contributed by atoms with Gasteiger partial charge in [-0.25, -0.2) is 4.79 Å². The van der Waals surface area contributed by atoms with Crippen molar-refractivity contribution in [2.75, 3.05) is 14.2 Å². The molecular weight excluding hydrogens is 400 g/mol. The summed E-state index contributed by atoms with van der Waals surface area (Å²) in [5.74, 6) is 0.815. The Labute approximate surface area is 179 Å². The van der Waals surface area contributed by atoms with Crippen LogP contribution in [-0.2, 0) is 15.8 Å². The normalized spacial score (nSPS) is 13.2. The van der Waals surface area contributed by atoms with Gasteiger partial charge in [-0.15, -0.1) is 0 Å². The Morgan fingerprint density at radius 1 is 0.862 bits per heavy atom. The predicted octanol–water partition coefficient (Wildman–Crippen LogP) is 6.39. The molecule has 0 saturated carbocycles. The zero-order valence-corrected chi connectivity index (χ0v) is 22.4. The second kappa shape index (κ2) is 8.82. The maximum absolute atomic E-state index is 12.2. The molecule has 29 heavy (non-hydrogen) atoms. The highest BCUT2D eigenvalue weighted by Gasteiger charge is 2.41. The van der Waals surface area contributed by atoms with Crippen LogP contribution >= 0.6 is 0 Å². The van der Waals surface area contributed by atoms with Gasteiger partial charge in [0, 0.05) is 0 Å². The Morgan fingerprint density at radius 2 is 1.34 bits per heavy atom. The second-order valence-corrected chi connectivity index (χ2v) is 20.1. The van der Waals surface area contributed by atoms with Crippen LogP contribution in [0.5, 0.6) is 11.5 Å². The molecule has 1 aromatic carbocycles. The van der Waals surface area contributed by atoms with Gasteiger partial charge in [0.2, 0.25) is 8.32 Å². The Bertz CT molecular complexity index is 728. The van der Waals surface area contributed by atoms with Gasteiger partial charge in [0.25, 0.3) is 0 Å². The molecule has 0 aromatic heterocycles. The van der Waals surface area contributed by atoms with Gasteiger partial charge in [-0.05, 0) is 48.4 Å². The van der Waals surface area contributed by atoms with Gasteiger partial charge in [0.15, 0.2) is 8.32 Å².